The van der Waals surface area contributed by atoms with Gasteiger partial charge >= 0.3 is 0 Å². The Balaban J connectivity index is 2.23. The fraction of sp³-hybridized carbons (Fsp3) is 0.583. The van der Waals surface area contributed by atoms with Gasteiger partial charge in [0.15, 0.2) is 0 Å². The predicted octanol–water partition coefficient (Wildman–Crippen LogP) is 0.990. The Hall–Kier alpha value is -1.65. The molecule has 0 bridgehead atoms. The number of hydrogen-bond donors (Lipinski definition) is 1. The molecule has 1 aliphatic heterocycles. The van der Waals surface area contributed by atoms with Crippen LogP contribution >= 0.6 is 0 Å². The van der Waals surface area contributed by atoms with Gasteiger partial charge in [-0.1, -0.05) is 20.8 Å². The molecule has 17 heavy (non-hydrogen) atoms. The monoisotopic (exact) mass is 234 g/mol. The smallest absolute Gasteiger partial charge is 0.228 e. The van der Waals surface area contributed by atoms with Crippen molar-refractivity contribution in [3.05, 3.63) is 17.6 Å². The fourth-order valence-electron chi connectivity index (χ4n) is 2.03. The molecule has 1 aromatic rings. The molecule has 0 fully saturated rings. The Morgan fingerprint density at radius 1 is 1.41 bits per heavy atom. The van der Waals surface area contributed by atoms with E-state index >= 15 is 0 Å². The van der Waals surface area contributed by atoms with Crippen LogP contribution in [0.4, 0.5) is 5.82 Å². The molecule has 92 valence electrons. The van der Waals surface area contributed by atoms with E-state index in [2.05, 4.69) is 9.97 Å². The summed E-state index contributed by atoms with van der Waals surface area (Å²) >= 11 is 0. The van der Waals surface area contributed by atoms with E-state index in [0.29, 0.717) is 18.9 Å². The summed E-state index contributed by atoms with van der Waals surface area (Å²) in [4.78, 5) is 22.2. The van der Waals surface area contributed by atoms with E-state index < -0.39 is 0 Å². The molecule has 0 saturated carbocycles. The Labute approximate surface area is 101 Å². The lowest BCUT2D eigenvalue weighted by atomic mass is 9.93. The first-order chi connectivity index (χ1) is 7.89. The topological polar surface area (TPSA) is 72.1 Å². The summed E-state index contributed by atoms with van der Waals surface area (Å²) in [6.45, 7) is 7.02. The van der Waals surface area contributed by atoms with Crippen LogP contribution in [0.1, 0.15) is 32.0 Å². The lowest BCUT2D eigenvalue weighted by Gasteiger charge is -2.33. The van der Waals surface area contributed by atoms with Crippen molar-refractivity contribution in [3.8, 4) is 0 Å². The minimum absolute atomic E-state index is 0.153. The van der Waals surface area contributed by atoms with E-state index in [1.807, 2.05) is 25.7 Å². The molecule has 0 spiro atoms. The maximum atomic E-state index is 12.2. The van der Waals surface area contributed by atoms with Gasteiger partial charge in [0.1, 0.15) is 12.1 Å². The molecule has 0 atom stereocenters. The molecule has 1 amide bonds. The summed E-state index contributed by atoms with van der Waals surface area (Å²) in [6, 6.07) is 0. The summed E-state index contributed by atoms with van der Waals surface area (Å²) < 4.78 is 0. The van der Waals surface area contributed by atoms with Gasteiger partial charge in [-0.2, -0.15) is 0 Å². The van der Waals surface area contributed by atoms with E-state index in [9.17, 15) is 4.79 Å². The van der Waals surface area contributed by atoms with E-state index in [-0.39, 0.29) is 11.3 Å². The number of anilines is 1. The SMILES string of the molecule is CC(C)(C)C(=O)N1CCc2c(N)ncnc2C1. The predicted molar refractivity (Wildman–Crippen MR) is 65.0 cm³/mol. The first-order valence-electron chi connectivity index (χ1n) is 5.77. The highest BCUT2D eigenvalue weighted by atomic mass is 16.2. The molecule has 1 aliphatic rings. The molecule has 0 radical (unpaired) electrons. The van der Waals surface area contributed by atoms with Crippen molar-refractivity contribution in [1.29, 1.82) is 0 Å². The third-order valence-corrected chi connectivity index (χ3v) is 2.97. The van der Waals surface area contributed by atoms with E-state index in [0.717, 1.165) is 17.7 Å². The zero-order valence-corrected chi connectivity index (χ0v) is 10.5. The molecule has 2 N–H and O–H groups in total. The quantitative estimate of drug-likeness (QED) is 0.726. The number of nitrogen functional groups attached to an aromatic ring is 1. The number of fused-ring (bicyclic) bond motifs is 1. The Bertz CT molecular complexity index is 450. The highest BCUT2D eigenvalue weighted by Gasteiger charge is 2.30. The molecule has 2 heterocycles. The van der Waals surface area contributed by atoms with Crippen molar-refractivity contribution < 1.29 is 4.79 Å². The van der Waals surface area contributed by atoms with Gasteiger partial charge in [0.2, 0.25) is 5.91 Å². The van der Waals surface area contributed by atoms with Gasteiger partial charge in [-0.05, 0) is 6.42 Å². The van der Waals surface area contributed by atoms with Crippen LogP contribution in [0.3, 0.4) is 0 Å². The van der Waals surface area contributed by atoms with E-state index in [1.54, 1.807) is 0 Å². The Morgan fingerprint density at radius 2 is 2.12 bits per heavy atom. The van der Waals surface area contributed by atoms with Crippen molar-refractivity contribution in [1.82, 2.24) is 14.9 Å². The van der Waals surface area contributed by atoms with Crippen molar-refractivity contribution in [3.63, 3.8) is 0 Å². The first-order valence-corrected chi connectivity index (χ1v) is 5.77. The normalized spacial score (nSPS) is 15.6. The number of hydrogen-bond acceptors (Lipinski definition) is 4. The molecule has 0 aliphatic carbocycles. The molecule has 0 unspecified atom stereocenters. The second-order valence-corrected chi connectivity index (χ2v) is 5.41. The van der Waals surface area contributed by atoms with Gasteiger partial charge in [0, 0.05) is 17.5 Å². The number of carbonyl (C=O) groups is 1. The average molecular weight is 234 g/mol. The summed E-state index contributed by atoms with van der Waals surface area (Å²) in [5.74, 6) is 0.693. The van der Waals surface area contributed by atoms with Crippen LogP contribution in [0.2, 0.25) is 0 Å². The van der Waals surface area contributed by atoms with E-state index in [1.165, 1.54) is 6.33 Å². The second-order valence-electron chi connectivity index (χ2n) is 5.41. The average Bonchev–Trinajstić information content (AvgIpc) is 2.26. The van der Waals surface area contributed by atoms with Crippen molar-refractivity contribution in [2.75, 3.05) is 12.3 Å². The Morgan fingerprint density at radius 3 is 2.76 bits per heavy atom. The number of aromatic nitrogens is 2. The Kier molecular flexibility index (Phi) is 2.77. The highest BCUT2D eigenvalue weighted by Crippen LogP contribution is 2.25. The van der Waals surface area contributed by atoms with Gasteiger partial charge in [0.05, 0.1) is 12.2 Å². The minimum Gasteiger partial charge on any atom is -0.383 e. The van der Waals surface area contributed by atoms with Crippen molar-refractivity contribution in [2.45, 2.75) is 33.7 Å². The van der Waals surface area contributed by atoms with Crippen LogP contribution in [0.15, 0.2) is 6.33 Å². The van der Waals surface area contributed by atoms with E-state index in [4.69, 9.17) is 5.73 Å². The van der Waals surface area contributed by atoms with Crippen LogP contribution in [0, 0.1) is 5.41 Å². The van der Waals surface area contributed by atoms with Gasteiger partial charge in [0.25, 0.3) is 0 Å². The standard InChI is InChI=1S/C12H18N4O/c1-12(2,3)11(17)16-5-4-8-9(6-16)14-7-15-10(8)13/h7H,4-6H2,1-3H3,(H2,13,14,15). The first kappa shape index (κ1) is 11.8. The lowest BCUT2D eigenvalue weighted by Crippen LogP contribution is -2.42. The fourth-order valence-corrected chi connectivity index (χ4v) is 2.03. The molecule has 0 aromatic carbocycles. The molecule has 1 aromatic heterocycles. The summed E-state index contributed by atoms with van der Waals surface area (Å²) in [6.07, 6.45) is 2.20. The van der Waals surface area contributed by atoms with Gasteiger partial charge in [-0.15, -0.1) is 0 Å². The highest BCUT2D eigenvalue weighted by molar-refractivity contribution is 5.81. The van der Waals surface area contributed by atoms with Crippen molar-refractivity contribution in [2.24, 2.45) is 5.41 Å². The van der Waals surface area contributed by atoms with Gasteiger partial charge in [-0.25, -0.2) is 9.97 Å². The largest absolute Gasteiger partial charge is 0.383 e. The zero-order chi connectivity index (χ0) is 12.6. The lowest BCUT2D eigenvalue weighted by molar-refractivity contribution is -0.140. The van der Waals surface area contributed by atoms with Gasteiger partial charge in [-0.3, -0.25) is 4.79 Å². The minimum atomic E-state index is -0.351. The number of rotatable bonds is 0. The van der Waals surface area contributed by atoms with Crippen molar-refractivity contribution >= 4 is 11.7 Å². The number of nitrogens with zero attached hydrogens (tertiary/aromatic N) is 3. The van der Waals surface area contributed by atoms with Crippen LogP contribution in [-0.2, 0) is 17.8 Å². The number of carbonyl (C=O) groups excluding carboxylic acids is 1. The summed E-state index contributed by atoms with van der Waals surface area (Å²) in [5.41, 5.74) is 7.31. The summed E-state index contributed by atoms with van der Waals surface area (Å²) in [5, 5.41) is 0. The maximum absolute atomic E-state index is 12.2. The molecular formula is C12H18N4O. The molecular weight excluding hydrogens is 216 g/mol. The molecule has 2 rings (SSSR count). The molecule has 0 saturated heterocycles. The number of nitrogens with two attached hydrogens (primary N) is 1. The van der Waals surface area contributed by atoms with Crippen LogP contribution in [0.5, 0.6) is 0 Å². The zero-order valence-electron chi connectivity index (χ0n) is 10.5. The summed E-state index contributed by atoms with van der Waals surface area (Å²) in [7, 11) is 0. The molecule has 5 heteroatoms. The molecule has 5 nitrogen and oxygen atoms in total. The van der Waals surface area contributed by atoms with Crippen LogP contribution < -0.4 is 5.73 Å². The second kappa shape index (κ2) is 3.98. The number of amides is 1. The van der Waals surface area contributed by atoms with Gasteiger partial charge < -0.3 is 10.6 Å². The van der Waals surface area contributed by atoms with Crippen LogP contribution in [-0.4, -0.2) is 27.3 Å². The van der Waals surface area contributed by atoms with Crippen LogP contribution in [0.25, 0.3) is 0 Å². The maximum Gasteiger partial charge on any atom is 0.228 e. The third-order valence-electron chi connectivity index (χ3n) is 2.97. The third kappa shape index (κ3) is 2.23.